The Morgan fingerprint density at radius 1 is 1.17 bits per heavy atom. The molecule has 0 aromatic heterocycles. The van der Waals surface area contributed by atoms with E-state index in [1.807, 2.05) is 24.3 Å². The number of fused-ring (bicyclic) bond motifs is 2. The van der Waals surface area contributed by atoms with Gasteiger partial charge in [0.1, 0.15) is 17.5 Å². The number of hydrogen-bond donors (Lipinski definition) is 2. The van der Waals surface area contributed by atoms with Crippen molar-refractivity contribution in [1.82, 2.24) is 4.72 Å². The molecule has 6 nitrogen and oxygen atoms in total. The summed E-state index contributed by atoms with van der Waals surface area (Å²) in [7, 11) is -3.90. The van der Waals surface area contributed by atoms with Gasteiger partial charge in [0, 0.05) is 12.0 Å². The van der Waals surface area contributed by atoms with Gasteiger partial charge in [0.15, 0.2) is 0 Å². The van der Waals surface area contributed by atoms with E-state index in [4.69, 9.17) is 9.84 Å². The molecule has 0 amide bonds. The molecule has 1 unspecified atom stereocenters. The maximum atomic E-state index is 12.3. The van der Waals surface area contributed by atoms with Crippen molar-refractivity contribution in [2.24, 2.45) is 0 Å². The van der Waals surface area contributed by atoms with Crippen LogP contribution in [0.2, 0.25) is 0 Å². The summed E-state index contributed by atoms with van der Waals surface area (Å²) in [5, 5.41) is 8.85. The quantitative estimate of drug-likeness (QED) is 0.763. The summed E-state index contributed by atoms with van der Waals surface area (Å²) in [4.78, 5) is 10.9. The average Bonchev–Trinajstić information content (AvgIpc) is 2.51. The smallest absolute Gasteiger partial charge is 0.321 e. The molecule has 7 heteroatoms. The van der Waals surface area contributed by atoms with Gasteiger partial charge in [0.05, 0.1) is 4.90 Å². The largest absolute Gasteiger partial charge is 0.480 e. The Morgan fingerprint density at radius 2 is 1.87 bits per heavy atom. The van der Waals surface area contributed by atoms with Gasteiger partial charge in [-0.15, -0.1) is 0 Å². The maximum absolute atomic E-state index is 12.3. The summed E-state index contributed by atoms with van der Waals surface area (Å²) in [6.07, 6.45) is 0.559. The minimum absolute atomic E-state index is 0.0207. The molecule has 3 rings (SSSR count). The van der Waals surface area contributed by atoms with E-state index < -0.39 is 22.0 Å². The molecular formula is C16H15NO5S. The van der Waals surface area contributed by atoms with Crippen LogP contribution in [-0.2, 0) is 21.2 Å². The number of sulfonamides is 1. The number of benzene rings is 2. The SMILES string of the molecule is CC(NS(=O)(=O)c1ccc2c(c1)Cc1ccccc1O2)C(=O)O. The fourth-order valence-corrected chi connectivity index (χ4v) is 3.63. The van der Waals surface area contributed by atoms with Crippen LogP contribution in [0, 0.1) is 0 Å². The molecule has 0 saturated carbocycles. The number of carbonyl (C=O) groups is 1. The van der Waals surface area contributed by atoms with Gasteiger partial charge in [-0.3, -0.25) is 4.79 Å². The van der Waals surface area contributed by atoms with Gasteiger partial charge < -0.3 is 9.84 Å². The van der Waals surface area contributed by atoms with Crippen molar-refractivity contribution in [3.63, 3.8) is 0 Å². The number of carboxylic acids is 1. The molecule has 0 fully saturated rings. The second-order valence-corrected chi connectivity index (χ2v) is 7.05. The van der Waals surface area contributed by atoms with Crippen LogP contribution < -0.4 is 9.46 Å². The van der Waals surface area contributed by atoms with E-state index in [2.05, 4.69) is 4.72 Å². The molecule has 1 aliphatic heterocycles. The fourth-order valence-electron chi connectivity index (χ4n) is 2.38. The Hall–Kier alpha value is -2.38. The maximum Gasteiger partial charge on any atom is 0.321 e. The van der Waals surface area contributed by atoms with Crippen LogP contribution in [-0.4, -0.2) is 25.5 Å². The molecule has 1 aliphatic rings. The van der Waals surface area contributed by atoms with Crippen LogP contribution >= 0.6 is 0 Å². The van der Waals surface area contributed by atoms with Crippen molar-refractivity contribution in [2.45, 2.75) is 24.3 Å². The zero-order valence-electron chi connectivity index (χ0n) is 12.3. The molecule has 1 heterocycles. The number of ether oxygens (including phenoxy) is 1. The summed E-state index contributed by atoms with van der Waals surface area (Å²) in [5.74, 6) is 0.131. The third kappa shape index (κ3) is 3.06. The average molecular weight is 333 g/mol. The van der Waals surface area contributed by atoms with E-state index in [1.165, 1.54) is 19.1 Å². The van der Waals surface area contributed by atoms with E-state index >= 15 is 0 Å². The number of aliphatic carboxylic acids is 1. The van der Waals surface area contributed by atoms with Crippen LogP contribution in [0.5, 0.6) is 11.5 Å². The van der Waals surface area contributed by atoms with Gasteiger partial charge in [-0.1, -0.05) is 18.2 Å². The minimum atomic E-state index is -3.90. The Bertz CT molecular complexity index is 876. The lowest BCUT2D eigenvalue weighted by Gasteiger charge is -2.21. The normalized spacial score (nSPS) is 14.3. The first-order valence-corrected chi connectivity index (χ1v) is 8.49. The highest BCUT2D eigenvalue weighted by atomic mass is 32.2. The number of para-hydroxylation sites is 1. The first-order valence-electron chi connectivity index (χ1n) is 7.00. The zero-order valence-corrected chi connectivity index (χ0v) is 13.1. The molecule has 0 bridgehead atoms. The predicted octanol–water partition coefficient (Wildman–Crippen LogP) is 2.13. The van der Waals surface area contributed by atoms with Crippen molar-refractivity contribution in [3.05, 3.63) is 53.6 Å². The molecule has 0 aliphatic carbocycles. The molecule has 2 aromatic rings. The van der Waals surface area contributed by atoms with Gasteiger partial charge in [0.25, 0.3) is 0 Å². The topological polar surface area (TPSA) is 92.7 Å². The molecule has 2 aromatic carbocycles. The molecule has 2 N–H and O–H groups in total. The van der Waals surface area contributed by atoms with Crippen molar-refractivity contribution in [2.75, 3.05) is 0 Å². The second kappa shape index (κ2) is 5.68. The summed E-state index contributed by atoms with van der Waals surface area (Å²) in [6.45, 7) is 1.28. The Balaban J connectivity index is 1.92. The first kappa shape index (κ1) is 15.5. The highest BCUT2D eigenvalue weighted by Gasteiger charge is 2.24. The molecule has 0 spiro atoms. The van der Waals surface area contributed by atoms with Crippen molar-refractivity contribution in [1.29, 1.82) is 0 Å². The lowest BCUT2D eigenvalue weighted by atomic mass is 10.0. The van der Waals surface area contributed by atoms with E-state index in [1.54, 1.807) is 6.07 Å². The third-order valence-corrected chi connectivity index (χ3v) is 5.16. The number of carboxylic acid groups (broad SMARTS) is 1. The molecule has 1 atom stereocenters. The first-order chi connectivity index (χ1) is 10.9. The van der Waals surface area contributed by atoms with Crippen LogP contribution in [0.3, 0.4) is 0 Å². The van der Waals surface area contributed by atoms with E-state index in [0.29, 0.717) is 12.2 Å². The summed E-state index contributed by atoms with van der Waals surface area (Å²) in [5.41, 5.74) is 1.72. The van der Waals surface area contributed by atoms with Gasteiger partial charge >= 0.3 is 5.97 Å². The van der Waals surface area contributed by atoms with Crippen LogP contribution in [0.25, 0.3) is 0 Å². The van der Waals surface area contributed by atoms with E-state index in [9.17, 15) is 13.2 Å². The second-order valence-electron chi connectivity index (χ2n) is 5.34. The fraction of sp³-hybridized carbons (Fsp3) is 0.188. The molecule has 23 heavy (non-hydrogen) atoms. The zero-order chi connectivity index (χ0) is 16.6. The predicted molar refractivity (Wildman–Crippen MR) is 83.2 cm³/mol. The van der Waals surface area contributed by atoms with E-state index in [0.717, 1.165) is 16.9 Å². The molecule has 0 saturated heterocycles. The highest BCUT2D eigenvalue weighted by Crippen LogP contribution is 2.37. The summed E-state index contributed by atoms with van der Waals surface area (Å²) >= 11 is 0. The van der Waals surface area contributed by atoms with Gasteiger partial charge in [-0.2, -0.15) is 4.72 Å². The van der Waals surface area contributed by atoms with Crippen LogP contribution in [0.15, 0.2) is 47.4 Å². The van der Waals surface area contributed by atoms with Crippen LogP contribution in [0.1, 0.15) is 18.1 Å². The van der Waals surface area contributed by atoms with Gasteiger partial charge in [0.2, 0.25) is 10.0 Å². The number of rotatable bonds is 4. The molecule has 120 valence electrons. The Kier molecular flexibility index (Phi) is 3.83. The monoisotopic (exact) mass is 333 g/mol. The Morgan fingerprint density at radius 3 is 2.61 bits per heavy atom. The van der Waals surface area contributed by atoms with Gasteiger partial charge in [-0.05, 0) is 36.8 Å². The number of hydrogen-bond acceptors (Lipinski definition) is 4. The van der Waals surface area contributed by atoms with Crippen molar-refractivity contribution >= 4 is 16.0 Å². The van der Waals surface area contributed by atoms with Crippen molar-refractivity contribution < 1.29 is 23.1 Å². The van der Waals surface area contributed by atoms with E-state index in [-0.39, 0.29) is 4.90 Å². The van der Waals surface area contributed by atoms with Crippen molar-refractivity contribution in [3.8, 4) is 11.5 Å². The minimum Gasteiger partial charge on any atom is -0.480 e. The standard InChI is InChI=1S/C16H15NO5S/c1-10(16(18)19)17-23(20,21)13-6-7-15-12(9-13)8-11-4-2-3-5-14(11)22-15/h2-7,9-10,17H,8H2,1H3,(H,18,19). The molecule has 0 radical (unpaired) electrons. The Labute approximate surface area is 133 Å². The highest BCUT2D eigenvalue weighted by molar-refractivity contribution is 7.89. The number of nitrogens with one attached hydrogen (secondary N) is 1. The summed E-state index contributed by atoms with van der Waals surface area (Å²) in [6, 6.07) is 10.9. The van der Waals surface area contributed by atoms with Gasteiger partial charge in [-0.25, -0.2) is 8.42 Å². The molecular weight excluding hydrogens is 318 g/mol. The lowest BCUT2D eigenvalue weighted by Crippen LogP contribution is -2.38. The van der Waals surface area contributed by atoms with Crippen LogP contribution in [0.4, 0.5) is 0 Å². The summed E-state index contributed by atoms with van der Waals surface area (Å²) < 4.78 is 32.4. The third-order valence-electron chi connectivity index (χ3n) is 3.62. The lowest BCUT2D eigenvalue weighted by molar-refractivity contribution is -0.138.